The maximum atomic E-state index is 11.9. The number of hydrogen-bond donors (Lipinski definition) is 1. The van der Waals surface area contributed by atoms with E-state index >= 15 is 0 Å². The molecule has 0 atom stereocenters. The lowest BCUT2D eigenvalue weighted by Crippen LogP contribution is -2.39. The van der Waals surface area contributed by atoms with Gasteiger partial charge in [-0.3, -0.25) is 9.59 Å². The first-order valence-corrected chi connectivity index (χ1v) is 7.15. The van der Waals surface area contributed by atoms with Gasteiger partial charge < -0.3 is 19.7 Å². The third-order valence-electron chi connectivity index (χ3n) is 2.46. The number of nitrogens with zero attached hydrogens (tertiary/aromatic N) is 1. The first-order valence-electron chi connectivity index (χ1n) is 6.27. The molecule has 6 nitrogen and oxygen atoms in total. The second-order valence-corrected chi connectivity index (χ2v) is 5.04. The molecule has 0 aliphatic rings. The van der Waals surface area contributed by atoms with Gasteiger partial charge in [0, 0.05) is 20.7 Å². The lowest BCUT2D eigenvalue weighted by atomic mass is 10.4. The van der Waals surface area contributed by atoms with Crippen LogP contribution in [0.4, 0.5) is 0 Å². The average molecular weight is 300 g/mol. The van der Waals surface area contributed by atoms with E-state index in [1.54, 1.807) is 20.2 Å². The van der Waals surface area contributed by atoms with Crippen LogP contribution < -0.4 is 5.32 Å². The number of likely N-dealkylation sites (N-methyl/N-ethyl adjacent to an activating group) is 1. The average Bonchev–Trinajstić information content (AvgIpc) is 2.95. The van der Waals surface area contributed by atoms with Crippen molar-refractivity contribution in [1.29, 1.82) is 0 Å². The summed E-state index contributed by atoms with van der Waals surface area (Å²) in [5.74, 6) is -0.348. The molecule has 0 radical (unpaired) electrons. The quantitative estimate of drug-likeness (QED) is 0.678. The number of carbonyl (C=O) groups is 2. The molecule has 0 saturated heterocycles. The van der Waals surface area contributed by atoms with Crippen LogP contribution in [-0.2, 0) is 14.3 Å². The molecule has 20 heavy (non-hydrogen) atoms. The normalized spacial score (nSPS) is 10.3. The van der Waals surface area contributed by atoms with Crippen LogP contribution in [0.25, 0.3) is 0 Å². The fourth-order valence-electron chi connectivity index (χ4n) is 1.44. The molecule has 0 spiro atoms. The fourth-order valence-corrected chi connectivity index (χ4v) is 2.16. The summed E-state index contributed by atoms with van der Waals surface area (Å²) in [6.45, 7) is 1.92. The summed E-state index contributed by atoms with van der Waals surface area (Å²) >= 11 is 1.36. The van der Waals surface area contributed by atoms with Gasteiger partial charge in [0.15, 0.2) is 0 Å². The number of nitrogens with one attached hydrogen (secondary N) is 1. The van der Waals surface area contributed by atoms with E-state index in [2.05, 4.69) is 5.32 Å². The van der Waals surface area contributed by atoms with Crippen LogP contribution in [0.3, 0.4) is 0 Å². The van der Waals surface area contributed by atoms with Crippen molar-refractivity contribution in [2.45, 2.75) is 0 Å². The Morgan fingerprint density at radius 1 is 1.35 bits per heavy atom. The van der Waals surface area contributed by atoms with E-state index < -0.39 is 0 Å². The van der Waals surface area contributed by atoms with Crippen molar-refractivity contribution >= 4 is 23.2 Å². The van der Waals surface area contributed by atoms with Gasteiger partial charge in [0.1, 0.15) is 0 Å². The fraction of sp³-hybridized carbons (Fsp3) is 0.538. The summed E-state index contributed by atoms with van der Waals surface area (Å²) in [7, 11) is 3.21. The van der Waals surface area contributed by atoms with E-state index in [1.807, 2.05) is 11.4 Å². The summed E-state index contributed by atoms with van der Waals surface area (Å²) in [4.78, 5) is 25.6. The van der Waals surface area contributed by atoms with Gasteiger partial charge in [-0.05, 0) is 11.4 Å². The number of methoxy groups -OCH3 is 1. The molecule has 7 heteroatoms. The highest BCUT2D eigenvalue weighted by atomic mass is 32.1. The molecular weight excluding hydrogens is 280 g/mol. The molecule has 0 aromatic carbocycles. The molecule has 1 aromatic heterocycles. The standard InChI is InChI=1S/C13H20N2O4S/c1-15(13(17)11-4-3-9-20-11)10-12(16)14-5-6-19-8-7-18-2/h3-4,9H,5-8,10H2,1-2H3,(H,14,16). The van der Waals surface area contributed by atoms with Crippen molar-refractivity contribution in [3.63, 3.8) is 0 Å². The van der Waals surface area contributed by atoms with Gasteiger partial charge in [-0.1, -0.05) is 6.07 Å². The number of thiophene rings is 1. The summed E-state index contributed by atoms with van der Waals surface area (Å²) < 4.78 is 10.0. The van der Waals surface area contributed by atoms with Gasteiger partial charge >= 0.3 is 0 Å². The second kappa shape index (κ2) is 9.46. The van der Waals surface area contributed by atoms with Crippen molar-refractivity contribution in [3.05, 3.63) is 22.4 Å². The largest absolute Gasteiger partial charge is 0.382 e. The highest BCUT2D eigenvalue weighted by molar-refractivity contribution is 7.12. The monoisotopic (exact) mass is 300 g/mol. The van der Waals surface area contributed by atoms with Crippen molar-refractivity contribution in [1.82, 2.24) is 10.2 Å². The Labute approximate surface area is 122 Å². The Kier molecular flexibility index (Phi) is 7.86. The molecule has 2 amide bonds. The van der Waals surface area contributed by atoms with Crippen LogP contribution >= 0.6 is 11.3 Å². The number of rotatable bonds is 9. The van der Waals surface area contributed by atoms with E-state index in [4.69, 9.17) is 9.47 Å². The summed E-state index contributed by atoms with van der Waals surface area (Å²) in [5.41, 5.74) is 0. The third-order valence-corrected chi connectivity index (χ3v) is 3.32. The molecule has 1 heterocycles. The minimum absolute atomic E-state index is 0.0365. The Balaban J connectivity index is 2.17. The molecule has 112 valence electrons. The van der Waals surface area contributed by atoms with Crippen LogP contribution in [0.2, 0.25) is 0 Å². The minimum atomic E-state index is -0.201. The second-order valence-electron chi connectivity index (χ2n) is 4.09. The molecule has 1 N–H and O–H groups in total. The van der Waals surface area contributed by atoms with E-state index in [0.717, 1.165) is 0 Å². The summed E-state index contributed by atoms with van der Waals surface area (Å²) in [6.07, 6.45) is 0. The molecule has 1 rings (SSSR count). The predicted octanol–water partition coefficient (Wildman–Crippen LogP) is 0.599. The van der Waals surface area contributed by atoms with Gasteiger partial charge in [-0.15, -0.1) is 11.3 Å². The Hall–Kier alpha value is -1.44. The maximum absolute atomic E-state index is 11.9. The van der Waals surface area contributed by atoms with Crippen molar-refractivity contribution in [2.24, 2.45) is 0 Å². The van der Waals surface area contributed by atoms with Gasteiger partial charge in [-0.25, -0.2) is 0 Å². The number of hydrogen-bond acceptors (Lipinski definition) is 5. The highest BCUT2D eigenvalue weighted by Crippen LogP contribution is 2.10. The predicted molar refractivity (Wildman–Crippen MR) is 77.0 cm³/mol. The summed E-state index contributed by atoms with van der Waals surface area (Å²) in [6, 6.07) is 3.55. The van der Waals surface area contributed by atoms with Gasteiger partial charge in [-0.2, -0.15) is 0 Å². The van der Waals surface area contributed by atoms with Gasteiger partial charge in [0.2, 0.25) is 5.91 Å². The van der Waals surface area contributed by atoms with Crippen molar-refractivity contribution < 1.29 is 19.1 Å². The zero-order valence-corrected chi connectivity index (χ0v) is 12.6. The van der Waals surface area contributed by atoms with Crippen molar-refractivity contribution in [2.75, 3.05) is 47.1 Å². The van der Waals surface area contributed by atoms with E-state index in [-0.39, 0.29) is 18.4 Å². The number of ether oxygens (including phenoxy) is 2. The lowest BCUT2D eigenvalue weighted by Gasteiger charge is -2.15. The van der Waals surface area contributed by atoms with Gasteiger partial charge in [0.25, 0.3) is 5.91 Å². The zero-order chi connectivity index (χ0) is 14.8. The lowest BCUT2D eigenvalue weighted by molar-refractivity contribution is -0.121. The Morgan fingerprint density at radius 2 is 2.15 bits per heavy atom. The molecule has 0 aliphatic heterocycles. The van der Waals surface area contributed by atoms with Crippen LogP contribution in [0, 0.1) is 0 Å². The van der Waals surface area contributed by atoms with E-state index in [9.17, 15) is 9.59 Å². The molecular formula is C13H20N2O4S. The topological polar surface area (TPSA) is 67.9 Å². The minimum Gasteiger partial charge on any atom is -0.382 e. The van der Waals surface area contributed by atoms with Crippen LogP contribution in [-0.4, -0.2) is 63.8 Å². The van der Waals surface area contributed by atoms with Crippen LogP contribution in [0.15, 0.2) is 17.5 Å². The molecule has 0 fully saturated rings. The molecule has 0 bridgehead atoms. The third kappa shape index (κ3) is 6.14. The highest BCUT2D eigenvalue weighted by Gasteiger charge is 2.15. The van der Waals surface area contributed by atoms with E-state index in [0.29, 0.717) is 31.2 Å². The van der Waals surface area contributed by atoms with E-state index in [1.165, 1.54) is 16.2 Å². The summed E-state index contributed by atoms with van der Waals surface area (Å²) in [5, 5.41) is 4.53. The molecule has 0 unspecified atom stereocenters. The number of amides is 2. The SMILES string of the molecule is COCCOCCNC(=O)CN(C)C(=O)c1cccs1. The smallest absolute Gasteiger partial charge is 0.264 e. The maximum Gasteiger partial charge on any atom is 0.264 e. The first-order chi connectivity index (χ1) is 9.65. The van der Waals surface area contributed by atoms with Crippen molar-refractivity contribution in [3.8, 4) is 0 Å². The van der Waals surface area contributed by atoms with Crippen LogP contribution in [0.5, 0.6) is 0 Å². The molecule has 0 saturated carbocycles. The van der Waals surface area contributed by atoms with Gasteiger partial charge in [0.05, 0.1) is 31.2 Å². The Bertz CT molecular complexity index is 409. The zero-order valence-electron chi connectivity index (χ0n) is 11.8. The first kappa shape index (κ1) is 16.6. The molecule has 0 aliphatic carbocycles. The number of carbonyl (C=O) groups excluding carboxylic acids is 2. The molecule has 1 aromatic rings. The Morgan fingerprint density at radius 3 is 2.80 bits per heavy atom. The van der Waals surface area contributed by atoms with Crippen LogP contribution in [0.1, 0.15) is 9.67 Å².